The fourth-order valence-electron chi connectivity index (χ4n) is 7.69. The van der Waals surface area contributed by atoms with Crippen LogP contribution in [-0.4, -0.2) is 43.4 Å². The lowest BCUT2D eigenvalue weighted by Crippen LogP contribution is -2.35. The molecule has 7 nitrogen and oxygen atoms in total. The van der Waals surface area contributed by atoms with Gasteiger partial charge in [0.2, 0.25) is 0 Å². The van der Waals surface area contributed by atoms with E-state index in [9.17, 15) is 19.5 Å². The fraction of sp³-hybridized carbons (Fsp3) is 0.190. The number of hydrogen-bond acceptors (Lipinski definition) is 7. The summed E-state index contributed by atoms with van der Waals surface area (Å²) in [6.45, 7) is 1.70. The fourth-order valence-corrected chi connectivity index (χ4v) is 10.3. The van der Waals surface area contributed by atoms with Gasteiger partial charge in [-0.25, -0.2) is 0 Å². The van der Waals surface area contributed by atoms with Crippen molar-refractivity contribution in [1.29, 1.82) is 0 Å². The molecule has 52 heavy (non-hydrogen) atoms. The lowest BCUT2D eigenvalue weighted by atomic mass is 9.95. The minimum Gasteiger partial charge on any atom is -0.480 e. The highest BCUT2D eigenvalue weighted by atomic mass is 32.2. The van der Waals surface area contributed by atoms with E-state index in [2.05, 4.69) is 95.9 Å². The average molecular weight is 742 g/mol. The van der Waals surface area contributed by atoms with Crippen molar-refractivity contribution in [3.05, 3.63) is 150 Å². The third-order valence-electron chi connectivity index (χ3n) is 10.0. The van der Waals surface area contributed by atoms with Gasteiger partial charge in [0.25, 0.3) is 11.5 Å². The van der Waals surface area contributed by atoms with Gasteiger partial charge in [-0.15, -0.1) is 11.3 Å². The van der Waals surface area contributed by atoms with E-state index < -0.39 is 18.1 Å². The molecule has 0 spiro atoms. The van der Waals surface area contributed by atoms with Crippen molar-refractivity contribution in [2.24, 2.45) is 0 Å². The quantitative estimate of drug-likeness (QED) is 0.133. The Bertz CT molecular complexity index is 2390. The van der Waals surface area contributed by atoms with Crippen molar-refractivity contribution in [2.75, 3.05) is 11.4 Å². The standard InChI is InChI=1S/C42H35N3O4S3/c1-2-43-40(49)38(52-42(43)50)41-44(25-37(46)47)39(48)36(51-41)24-27-18-21-35-33(23-27)31-14-9-15-34(31)45(35)30-19-16-26(17-20-30)22-32(28-10-5-3-6-11-28)29-12-7-4-8-13-29/h3-8,10-13,16-24,31,34H,2,9,14-15,25H2,1H3,(H,46,47)/b36-24+,41-38-/t31-,34+/m1/s1. The number of thioether (sulfide) groups is 1. The van der Waals surface area contributed by atoms with Crippen LogP contribution in [0.4, 0.5) is 11.4 Å². The van der Waals surface area contributed by atoms with Gasteiger partial charge < -0.3 is 10.0 Å². The summed E-state index contributed by atoms with van der Waals surface area (Å²) in [6.07, 6.45) is 7.41. The summed E-state index contributed by atoms with van der Waals surface area (Å²) in [5.74, 6) is -1.08. The second-order valence-electron chi connectivity index (χ2n) is 13.1. The van der Waals surface area contributed by atoms with Gasteiger partial charge in [-0.3, -0.25) is 23.9 Å². The van der Waals surface area contributed by atoms with Gasteiger partial charge in [0.05, 0.1) is 4.53 Å². The Morgan fingerprint density at radius 2 is 1.58 bits per heavy atom. The minimum absolute atomic E-state index is 0.297. The van der Waals surface area contributed by atoms with Crippen LogP contribution in [0.1, 0.15) is 59.9 Å². The Kier molecular flexibility index (Phi) is 9.29. The molecule has 1 N–H and O–H groups in total. The highest BCUT2D eigenvalue weighted by Crippen LogP contribution is 2.52. The minimum atomic E-state index is -1.15. The summed E-state index contributed by atoms with van der Waals surface area (Å²) in [7, 11) is 0. The number of carbonyl (C=O) groups excluding carboxylic acids is 1. The molecular weight excluding hydrogens is 707 g/mol. The van der Waals surface area contributed by atoms with Crippen molar-refractivity contribution in [3.63, 3.8) is 0 Å². The van der Waals surface area contributed by atoms with Crippen LogP contribution in [0.25, 0.3) is 22.6 Å². The third kappa shape index (κ3) is 6.25. The molecule has 2 fully saturated rings. The molecule has 1 saturated heterocycles. The maximum atomic E-state index is 13.6. The predicted octanol–water partition coefficient (Wildman–Crippen LogP) is 7.19. The molecule has 1 aromatic heterocycles. The van der Waals surface area contributed by atoms with Crippen molar-refractivity contribution in [1.82, 2.24) is 9.47 Å². The van der Waals surface area contributed by atoms with Crippen molar-refractivity contribution >= 4 is 85.5 Å². The zero-order valence-electron chi connectivity index (χ0n) is 28.4. The number of anilines is 2. The zero-order chi connectivity index (χ0) is 35.9. The van der Waals surface area contributed by atoms with Crippen LogP contribution in [0.5, 0.6) is 0 Å². The van der Waals surface area contributed by atoms with E-state index in [1.807, 2.05) is 31.2 Å². The Morgan fingerprint density at radius 3 is 2.21 bits per heavy atom. The smallest absolute Gasteiger partial charge is 0.323 e. The Labute approximate surface area is 314 Å². The van der Waals surface area contributed by atoms with Gasteiger partial charge in [0.15, 0.2) is 0 Å². The molecule has 2 aliphatic heterocycles. The van der Waals surface area contributed by atoms with Crippen LogP contribution in [-0.2, 0) is 16.1 Å². The second kappa shape index (κ2) is 14.2. The molecule has 2 atom stereocenters. The van der Waals surface area contributed by atoms with E-state index in [1.54, 1.807) is 0 Å². The maximum absolute atomic E-state index is 13.6. The van der Waals surface area contributed by atoms with E-state index in [-0.39, 0.29) is 5.91 Å². The third-order valence-corrected chi connectivity index (χ3v) is 12.7. The number of fused-ring (bicyclic) bond motifs is 3. The first-order valence-electron chi connectivity index (χ1n) is 17.4. The largest absolute Gasteiger partial charge is 0.480 e. The molecule has 0 bridgehead atoms. The lowest BCUT2D eigenvalue weighted by molar-refractivity contribution is -0.137. The van der Waals surface area contributed by atoms with Crippen LogP contribution in [0, 0.1) is 0 Å². The van der Waals surface area contributed by atoms with Gasteiger partial charge in [0, 0.05) is 29.9 Å². The normalized spacial score (nSPS) is 19.3. The SMILES string of the molecule is CCN1C(=O)/C(=c2/s/c(=C/c3ccc4c(c3)[C@H]3CCC[C@@H]3N4c3ccc(C=C(c4ccccc4)c4ccccc4)cc3)c(=O)n2CC(=O)O)SC1=S. The van der Waals surface area contributed by atoms with E-state index in [0.717, 1.165) is 59.2 Å². The Hall–Kier alpha value is -5.03. The van der Waals surface area contributed by atoms with E-state index in [0.29, 0.717) is 36.9 Å². The van der Waals surface area contributed by atoms with Gasteiger partial charge in [0.1, 0.15) is 20.4 Å². The first-order valence-corrected chi connectivity index (χ1v) is 19.4. The van der Waals surface area contributed by atoms with Gasteiger partial charge >= 0.3 is 5.97 Å². The average Bonchev–Trinajstić information content (AvgIpc) is 3.90. The number of benzene rings is 4. The number of thiazole rings is 1. The molecule has 1 amide bonds. The number of aliphatic carboxylic acids is 1. The summed E-state index contributed by atoms with van der Waals surface area (Å²) in [5, 5.41) is 9.62. The molecule has 10 heteroatoms. The molecule has 1 aliphatic carbocycles. The van der Waals surface area contributed by atoms with Crippen molar-refractivity contribution < 1.29 is 14.7 Å². The van der Waals surface area contributed by atoms with Gasteiger partial charge in [-0.1, -0.05) is 109 Å². The number of carboxylic acid groups (broad SMARTS) is 1. The second-order valence-corrected chi connectivity index (χ2v) is 15.8. The molecule has 3 heterocycles. The van der Waals surface area contributed by atoms with E-state index in [4.69, 9.17) is 12.2 Å². The highest BCUT2D eigenvalue weighted by molar-refractivity contribution is 8.30. The summed E-state index contributed by atoms with van der Waals surface area (Å²) in [5.41, 5.74) is 8.67. The van der Waals surface area contributed by atoms with Gasteiger partial charge in [-0.2, -0.15) is 0 Å². The Balaban J connectivity index is 1.15. The molecule has 0 unspecified atom stereocenters. The zero-order valence-corrected chi connectivity index (χ0v) is 30.8. The van der Waals surface area contributed by atoms with Crippen LogP contribution in [0.2, 0.25) is 0 Å². The monoisotopic (exact) mass is 741 g/mol. The summed E-state index contributed by atoms with van der Waals surface area (Å²) < 4.78 is 2.29. The molecule has 1 saturated carbocycles. The number of carbonyl (C=O) groups is 2. The van der Waals surface area contributed by atoms with Crippen LogP contribution >= 0.6 is 35.3 Å². The topological polar surface area (TPSA) is 82.9 Å². The highest BCUT2D eigenvalue weighted by Gasteiger charge is 2.42. The number of thiocarbonyl (C=S) groups is 1. The molecule has 4 aromatic carbocycles. The molecule has 0 radical (unpaired) electrons. The molecule has 3 aliphatic rings. The molecule has 8 rings (SSSR count). The number of aromatic nitrogens is 1. The number of amides is 1. The number of hydrogen-bond donors (Lipinski definition) is 1. The number of carboxylic acids is 1. The van der Waals surface area contributed by atoms with E-state index in [1.165, 1.54) is 37.4 Å². The summed E-state index contributed by atoms with van der Waals surface area (Å²) >= 11 is 7.65. The van der Waals surface area contributed by atoms with Crippen LogP contribution < -0.4 is 19.7 Å². The lowest BCUT2D eigenvalue weighted by Gasteiger charge is -2.27. The van der Waals surface area contributed by atoms with Crippen molar-refractivity contribution in [2.45, 2.75) is 44.7 Å². The molecule has 5 aromatic rings. The van der Waals surface area contributed by atoms with Crippen LogP contribution in [0.15, 0.2) is 108 Å². The van der Waals surface area contributed by atoms with E-state index >= 15 is 0 Å². The molecule has 260 valence electrons. The first-order chi connectivity index (χ1) is 25.3. The molecular formula is C42H35N3O4S3. The number of nitrogens with zero attached hydrogens (tertiary/aromatic N) is 3. The summed E-state index contributed by atoms with van der Waals surface area (Å²) in [6, 6.07) is 36.5. The number of rotatable bonds is 8. The summed E-state index contributed by atoms with van der Waals surface area (Å²) in [4.78, 5) is 42.8. The Morgan fingerprint density at radius 1 is 0.904 bits per heavy atom. The first kappa shape index (κ1) is 34.1. The van der Waals surface area contributed by atoms with Crippen molar-refractivity contribution in [3.8, 4) is 0 Å². The predicted molar refractivity (Wildman–Crippen MR) is 215 cm³/mol. The van der Waals surface area contributed by atoms with Crippen LogP contribution in [0.3, 0.4) is 0 Å². The van der Waals surface area contributed by atoms with Gasteiger partial charge in [-0.05, 0) is 89.6 Å². The maximum Gasteiger partial charge on any atom is 0.323 e.